The number of aliphatic hydroxyl groups excluding tert-OH is 1. The number of nitrogens with one attached hydrogen (secondary N) is 3. The van der Waals surface area contributed by atoms with Gasteiger partial charge in [0.15, 0.2) is 5.76 Å². The van der Waals surface area contributed by atoms with E-state index in [0.717, 1.165) is 5.57 Å². The highest BCUT2D eigenvalue weighted by atomic mass is 35.5. The number of aliphatic hydroxyl groups is 1. The Hall–Kier alpha value is -3.34. The zero-order chi connectivity index (χ0) is 33.3. The molecule has 0 aromatic heterocycles. The van der Waals surface area contributed by atoms with Crippen LogP contribution in [0.3, 0.4) is 0 Å². The largest absolute Gasteiger partial charge is 0.490 e. The predicted molar refractivity (Wildman–Crippen MR) is 173 cm³/mol. The van der Waals surface area contributed by atoms with Crippen molar-refractivity contribution in [2.24, 2.45) is 11.3 Å². The van der Waals surface area contributed by atoms with Crippen molar-refractivity contribution in [1.29, 1.82) is 0 Å². The molecule has 0 spiro atoms. The summed E-state index contributed by atoms with van der Waals surface area (Å²) < 4.78 is 15.9. The van der Waals surface area contributed by atoms with E-state index in [9.17, 15) is 19.5 Å². The van der Waals surface area contributed by atoms with Crippen LogP contribution < -0.4 is 16.0 Å². The normalized spacial score (nSPS) is 19.4. The van der Waals surface area contributed by atoms with Crippen LogP contribution in [0.2, 0.25) is 0 Å². The van der Waals surface area contributed by atoms with E-state index in [2.05, 4.69) is 16.0 Å². The zero-order valence-corrected chi connectivity index (χ0v) is 27.9. The van der Waals surface area contributed by atoms with E-state index in [4.69, 9.17) is 25.8 Å². The van der Waals surface area contributed by atoms with Gasteiger partial charge in [-0.2, -0.15) is 0 Å². The first-order valence-electron chi connectivity index (χ1n) is 14.8. The molecular weight excluding hydrogens is 586 g/mol. The predicted octanol–water partition coefficient (Wildman–Crippen LogP) is 5.52. The number of rotatable bonds is 16. The molecule has 11 heteroatoms. The van der Waals surface area contributed by atoms with E-state index in [0.29, 0.717) is 30.8 Å². The number of halogens is 1. The highest BCUT2D eigenvalue weighted by molar-refractivity contribution is 6.29. The number of carbonyl (C=O) groups excluding carboxylic acids is 3. The van der Waals surface area contributed by atoms with Crippen molar-refractivity contribution in [3.8, 4) is 0 Å². The van der Waals surface area contributed by atoms with E-state index in [-0.39, 0.29) is 23.7 Å². The summed E-state index contributed by atoms with van der Waals surface area (Å²) in [4.78, 5) is 36.8. The van der Waals surface area contributed by atoms with Gasteiger partial charge in [-0.3, -0.25) is 10.1 Å². The van der Waals surface area contributed by atoms with Gasteiger partial charge in [0.2, 0.25) is 5.91 Å². The molecule has 2 amide bonds. The Labute approximate surface area is 267 Å². The number of hydrogen-bond acceptors (Lipinski definition) is 8. The molecule has 1 heterocycles. The average Bonchev–Trinajstić information content (AvgIpc) is 2.94. The van der Waals surface area contributed by atoms with E-state index < -0.39 is 35.9 Å². The van der Waals surface area contributed by atoms with Crippen molar-refractivity contribution >= 4 is 29.6 Å². The molecule has 0 saturated heterocycles. The van der Waals surface area contributed by atoms with Gasteiger partial charge in [0.1, 0.15) is 18.4 Å². The average molecular weight is 636 g/mol. The maximum Gasteiger partial charge on any atom is 0.407 e. The smallest absolute Gasteiger partial charge is 0.407 e. The van der Waals surface area contributed by atoms with E-state index >= 15 is 0 Å². The third-order valence-electron chi connectivity index (χ3n) is 6.56. The van der Waals surface area contributed by atoms with E-state index in [1.54, 1.807) is 50.3 Å². The summed E-state index contributed by atoms with van der Waals surface area (Å²) in [5, 5.41) is 19.5. The molecule has 5 atom stereocenters. The first-order valence-corrected chi connectivity index (χ1v) is 15.2. The second kappa shape index (κ2) is 19.8. The molecule has 5 unspecified atom stereocenters. The number of cyclic esters (lactones) is 1. The lowest BCUT2D eigenvalue weighted by Crippen LogP contribution is -2.53. The number of ether oxygens (including phenoxy) is 3. The second-order valence-electron chi connectivity index (χ2n) is 11.6. The maximum atomic E-state index is 13.0. The lowest BCUT2D eigenvalue weighted by atomic mass is 9.86. The SMILES string of the molecule is CCNC(=O)OC(C/C=C\NC(=O)C(NC(O)/C=C/C=C\C(C)=C\C(C)C1CC=C(OC)C(=O)O1)C(C)(C)C)C/C=C(\C)Cl. The third kappa shape index (κ3) is 15.4. The summed E-state index contributed by atoms with van der Waals surface area (Å²) >= 11 is 5.92. The van der Waals surface area contributed by atoms with Gasteiger partial charge in [-0.05, 0) is 44.5 Å². The molecule has 0 bridgehead atoms. The van der Waals surface area contributed by atoms with Gasteiger partial charge in [0, 0.05) is 36.8 Å². The van der Waals surface area contributed by atoms with Crippen LogP contribution in [0.1, 0.15) is 67.7 Å². The quantitative estimate of drug-likeness (QED) is 0.0990. The fraction of sp³-hybridized carbons (Fsp3) is 0.545. The Morgan fingerprint density at radius 2 is 1.93 bits per heavy atom. The minimum Gasteiger partial charge on any atom is -0.490 e. The van der Waals surface area contributed by atoms with Crippen molar-refractivity contribution in [2.75, 3.05) is 13.7 Å². The van der Waals surface area contributed by atoms with Crippen LogP contribution in [-0.2, 0) is 23.8 Å². The molecule has 0 aliphatic carbocycles. The van der Waals surface area contributed by atoms with Crippen molar-refractivity contribution in [3.63, 3.8) is 0 Å². The molecule has 1 aliphatic heterocycles. The van der Waals surface area contributed by atoms with Crippen LogP contribution >= 0.6 is 11.6 Å². The van der Waals surface area contributed by atoms with Crippen LogP contribution in [0.25, 0.3) is 0 Å². The van der Waals surface area contributed by atoms with Crippen molar-refractivity contribution in [3.05, 3.63) is 71.2 Å². The van der Waals surface area contributed by atoms with Crippen molar-refractivity contribution in [1.82, 2.24) is 16.0 Å². The summed E-state index contributed by atoms with van der Waals surface area (Å²) in [6.07, 6.45) is 14.7. The molecule has 0 saturated carbocycles. The Morgan fingerprint density at radius 3 is 2.52 bits per heavy atom. The molecule has 10 nitrogen and oxygen atoms in total. The zero-order valence-electron chi connectivity index (χ0n) is 27.2. The first-order chi connectivity index (χ1) is 20.7. The Balaban J connectivity index is 2.71. The van der Waals surface area contributed by atoms with E-state index in [1.807, 2.05) is 46.8 Å². The topological polar surface area (TPSA) is 135 Å². The molecule has 4 N–H and O–H groups in total. The summed E-state index contributed by atoms with van der Waals surface area (Å²) in [6, 6.07) is -0.714. The van der Waals surface area contributed by atoms with Gasteiger partial charge < -0.3 is 30.0 Å². The Kier molecular flexibility index (Phi) is 17.4. The van der Waals surface area contributed by atoms with Crippen molar-refractivity contribution < 1.29 is 33.7 Å². The highest BCUT2D eigenvalue weighted by Crippen LogP contribution is 2.23. The molecule has 1 aliphatic rings. The lowest BCUT2D eigenvalue weighted by molar-refractivity contribution is -0.151. The molecule has 0 aromatic rings. The van der Waals surface area contributed by atoms with Gasteiger partial charge in [-0.1, -0.05) is 81.3 Å². The van der Waals surface area contributed by atoms with Crippen LogP contribution in [0.4, 0.5) is 4.79 Å². The van der Waals surface area contributed by atoms with Gasteiger partial charge in [0.05, 0.1) is 13.2 Å². The fourth-order valence-corrected chi connectivity index (χ4v) is 4.30. The molecule has 246 valence electrons. The van der Waals surface area contributed by atoms with Gasteiger partial charge in [-0.25, -0.2) is 9.59 Å². The molecule has 0 aromatic carbocycles. The third-order valence-corrected chi connectivity index (χ3v) is 6.71. The summed E-state index contributed by atoms with van der Waals surface area (Å²) in [7, 11) is 1.44. The lowest BCUT2D eigenvalue weighted by Gasteiger charge is -2.31. The number of amides is 2. The van der Waals surface area contributed by atoms with Gasteiger partial charge in [-0.15, -0.1) is 0 Å². The summed E-state index contributed by atoms with van der Waals surface area (Å²) in [5.74, 6) is -0.547. The number of esters is 1. The molecule has 0 fully saturated rings. The van der Waals surface area contributed by atoms with Crippen molar-refractivity contribution in [2.45, 2.75) is 92.2 Å². The van der Waals surface area contributed by atoms with Crippen LogP contribution in [-0.4, -0.2) is 61.2 Å². The highest BCUT2D eigenvalue weighted by Gasteiger charge is 2.32. The summed E-state index contributed by atoms with van der Waals surface area (Å²) in [6.45, 7) is 13.6. The van der Waals surface area contributed by atoms with Gasteiger partial charge in [0.25, 0.3) is 0 Å². The minimum atomic E-state index is -1.08. The fourth-order valence-electron chi connectivity index (χ4n) is 4.21. The van der Waals surface area contributed by atoms with Crippen LogP contribution in [0.15, 0.2) is 71.2 Å². The first kappa shape index (κ1) is 38.7. The monoisotopic (exact) mass is 635 g/mol. The number of methoxy groups -OCH3 is 1. The van der Waals surface area contributed by atoms with Gasteiger partial charge >= 0.3 is 12.1 Å². The number of hydrogen-bond donors (Lipinski definition) is 4. The molecular formula is C33H50ClN3O7. The number of allylic oxidation sites excluding steroid dienone is 5. The van der Waals surface area contributed by atoms with Crippen LogP contribution in [0.5, 0.6) is 0 Å². The maximum absolute atomic E-state index is 13.0. The minimum absolute atomic E-state index is 0.000225. The van der Waals surface area contributed by atoms with Crippen LogP contribution in [0, 0.1) is 11.3 Å². The number of carbonyl (C=O) groups is 3. The summed E-state index contributed by atoms with van der Waals surface area (Å²) in [5.41, 5.74) is 0.459. The second-order valence-corrected chi connectivity index (χ2v) is 12.2. The Bertz CT molecular complexity index is 1130. The Morgan fingerprint density at radius 1 is 1.23 bits per heavy atom. The standard InChI is InChI=1S/C33H50ClN3O7/c1-9-35-32(41)43-25(17-16-24(4)34)14-12-20-36-30(39)29(33(5,6)7)37-28(38)15-11-10-13-22(2)21-23(3)26-18-19-27(42-8)31(40)44-26/h10-13,15-16,19-21,23,25-26,28-29,37-38H,9,14,17-18H2,1-8H3,(H,35,41)(H,36,39)/b13-10-,15-11+,20-12-,22-21+,24-16+. The van der Waals surface area contributed by atoms with E-state index in [1.165, 1.54) is 13.3 Å². The molecule has 44 heavy (non-hydrogen) atoms. The molecule has 1 rings (SSSR count). The number of alkyl carbamates (subject to hydrolysis) is 1. The molecule has 0 radical (unpaired) electrons.